The topological polar surface area (TPSA) is 149 Å². The lowest BCUT2D eigenvalue weighted by molar-refractivity contribution is -0.302. The van der Waals surface area contributed by atoms with Gasteiger partial charge in [0.2, 0.25) is 5.91 Å². The number of hydrogen-bond acceptors (Lipinski definition) is 8. The van der Waals surface area contributed by atoms with Gasteiger partial charge in [-0.3, -0.25) is 4.79 Å². The van der Waals surface area contributed by atoms with Gasteiger partial charge in [0.25, 0.3) is 0 Å². The number of unbranched alkanes of at least 4 members (excludes halogenated alkanes) is 39. The maximum Gasteiger partial charge on any atom is 0.220 e. The number of carbonyl (C=O) groups excluding carboxylic acids is 1. The van der Waals surface area contributed by atoms with Gasteiger partial charge in [-0.2, -0.15) is 0 Å². The summed E-state index contributed by atoms with van der Waals surface area (Å²) in [4.78, 5) is 13.1. The third-order valence-corrected chi connectivity index (χ3v) is 14.8. The van der Waals surface area contributed by atoms with Gasteiger partial charge in [0.1, 0.15) is 24.4 Å². The molecular formula is C61H117NO8. The van der Waals surface area contributed by atoms with E-state index >= 15 is 0 Å². The summed E-state index contributed by atoms with van der Waals surface area (Å²) in [6.07, 6.45) is 57.9. The normalized spacial score (nSPS) is 19.4. The highest BCUT2D eigenvalue weighted by Gasteiger charge is 2.44. The van der Waals surface area contributed by atoms with Crippen molar-refractivity contribution in [1.29, 1.82) is 0 Å². The minimum absolute atomic E-state index is 0.134. The van der Waals surface area contributed by atoms with Gasteiger partial charge in [-0.15, -0.1) is 0 Å². The fourth-order valence-electron chi connectivity index (χ4n) is 9.96. The van der Waals surface area contributed by atoms with E-state index in [1.807, 2.05) is 0 Å². The maximum absolute atomic E-state index is 13.1. The molecule has 1 aliphatic heterocycles. The standard InChI is InChI=1S/C61H117NO8/c1-3-5-7-9-11-13-15-17-19-21-22-23-24-25-26-27-28-29-30-31-32-33-34-35-37-39-41-43-45-47-49-51-57(65)62-54(53-69-61-60(68)59(67)58(66)56(52-63)70-61)55(64)50-48-46-44-42-40-38-36-20-18-16-14-12-10-8-6-4-2/h22-23,25-26,54-56,58-61,63-64,66-68H,3-21,24,27-53H2,1-2H3,(H,62,65)/b23-22-,26-25-. The highest BCUT2D eigenvalue weighted by atomic mass is 16.7. The van der Waals surface area contributed by atoms with E-state index in [4.69, 9.17) is 9.47 Å². The van der Waals surface area contributed by atoms with Crippen molar-refractivity contribution in [1.82, 2.24) is 5.32 Å². The van der Waals surface area contributed by atoms with Crippen molar-refractivity contribution >= 4 is 5.91 Å². The number of aliphatic hydroxyl groups excluding tert-OH is 5. The zero-order valence-corrected chi connectivity index (χ0v) is 46.0. The minimum Gasteiger partial charge on any atom is -0.394 e. The van der Waals surface area contributed by atoms with E-state index in [1.165, 1.54) is 231 Å². The van der Waals surface area contributed by atoms with Crippen LogP contribution in [0.1, 0.15) is 303 Å². The summed E-state index contributed by atoms with van der Waals surface area (Å²) in [6, 6.07) is -0.717. The van der Waals surface area contributed by atoms with Crippen LogP contribution in [0.5, 0.6) is 0 Å². The van der Waals surface area contributed by atoms with Crippen LogP contribution in [0.2, 0.25) is 0 Å². The lowest BCUT2D eigenvalue weighted by Gasteiger charge is -2.40. The van der Waals surface area contributed by atoms with Crippen LogP contribution in [-0.4, -0.2) is 87.5 Å². The molecule has 1 saturated heterocycles. The summed E-state index contributed by atoms with van der Waals surface area (Å²) >= 11 is 0. The summed E-state index contributed by atoms with van der Waals surface area (Å²) in [5.41, 5.74) is 0. The summed E-state index contributed by atoms with van der Waals surface area (Å²) in [5, 5.41) is 54.7. The van der Waals surface area contributed by atoms with Gasteiger partial charge in [-0.1, -0.05) is 276 Å². The van der Waals surface area contributed by atoms with Crippen LogP contribution in [0.25, 0.3) is 0 Å². The lowest BCUT2D eigenvalue weighted by Crippen LogP contribution is -2.60. The minimum atomic E-state index is -1.55. The van der Waals surface area contributed by atoms with Crippen molar-refractivity contribution in [3.8, 4) is 0 Å². The third kappa shape index (κ3) is 40.1. The largest absolute Gasteiger partial charge is 0.394 e. The molecule has 414 valence electrons. The second kappa shape index (κ2) is 51.2. The third-order valence-electron chi connectivity index (χ3n) is 14.8. The summed E-state index contributed by atoms with van der Waals surface area (Å²) in [7, 11) is 0. The van der Waals surface area contributed by atoms with E-state index in [9.17, 15) is 30.3 Å². The Kier molecular flexibility index (Phi) is 48.7. The SMILES string of the molecule is CCCCCCCCCCC/C=C\C/C=C\CCCCCCCCCCCCCCCCCC(=O)NC(COC1OC(CO)C(O)C(O)C1O)C(O)CCCCCCCCCCCCCCCCCC. The van der Waals surface area contributed by atoms with Gasteiger partial charge in [0.15, 0.2) is 6.29 Å². The molecule has 0 saturated carbocycles. The molecule has 0 aromatic heterocycles. The van der Waals surface area contributed by atoms with Gasteiger partial charge < -0.3 is 40.3 Å². The summed E-state index contributed by atoms with van der Waals surface area (Å²) in [6.45, 7) is 3.87. The molecule has 9 nitrogen and oxygen atoms in total. The molecular weight excluding hydrogens is 875 g/mol. The van der Waals surface area contributed by atoms with Crippen LogP contribution in [0, 0.1) is 0 Å². The Morgan fingerprint density at radius 1 is 0.486 bits per heavy atom. The zero-order valence-electron chi connectivity index (χ0n) is 46.0. The van der Waals surface area contributed by atoms with Crippen LogP contribution in [0.3, 0.4) is 0 Å². The smallest absolute Gasteiger partial charge is 0.220 e. The fraction of sp³-hybridized carbons (Fsp3) is 0.918. The Balaban J connectivity index is 2.13. The molecule has 6 N–H and O–H groups in total. The quantitative estimate of drug-likeness (QED) is 0.0261. The molecule has 1 heterocycles. The van der Waals surface area contributed by atoms with Crippen molar-refractivity contribution in [2.24, 2.45) is 0 Å². The molecule has 0 aliphatic carbocycles. The first-order chi connectivity index (χ1) is 34.3. The molecule has 1 aliphatic rings. The Labute approximate surface area is 432 Å². The zero-order chi connectivity index (χ0) is 50.8. The molecule has 0 radical (unpaired) electrons. The van der Waals surface area contributed by atoms with E-state index < -0.39 is 49.5 Å². The van der Waals surface area contributed by atoms with E-state index in [1.54, 1.807) is 0 Å². The average molecular weight is 993 g/mol. The van der Waals surface area contributed by atoms with Crippen LogP contribution in [0.15, 0.2) is 24.3 Å². The van der Waals surface area contributed by atoms with Gasteiger partial charge in [0, 0.05) is 6.42 Å². The highest BCUT2D eigenvalue weighted by molar-refractivity contribution is 5.76. The first-order valence-corrected chi connectivity index (χ1v) is 30.5. The van der Waals surface area contributed by atoms with Gasteiger partial charge in [-0.05, 0) is 44.9 Å². The molecule has 7 unspecified atom stereocenters. The van der Waals surface area contributed by atoms with Gasteiger partial charge >= 0.3 is 0 Å². The predicted octanol–water partition coefficient (Wildman–Crippen LogP) is 15.4. The first kappa shape index (κ1) is 66.7. The van der Waals surface area contributed by atoms with Crippen LogP contribution < -0.4 is 5.32 Å². The monoisotopic (exact) mass is 992 g/mol. The molecule has 9 heteroatoms. The molecule has 0 aromatic carbocycles. The molecule has 70 heavy (non-hydrogen) atoms. The molecule has 0 aromatic rings. The molecule has 0 bridgehead atoms. The second-order valence-electron chi connectivity index (χ2n) is 21.5. The number of carbonyl (C=O) groups is 1. The number of ether oxygens (including phenoxy) is 2. The van der Waals surface area contributed by atoms with Crippen LogP contribution >= 0.6 is 0 Å². The first-order valence-electron chi connectivity index (χ1n) is 30.5. The Morgan fingerprint density at radius 3 is 1.23 bits per heavy atom. The van der Waals surface area contributed by atoms with E-state index in [0.29, 0.717) is 12.8 Å². The van der Waals surface area contributed by atoms with Crippen LogP contribution in [0.4, 0.5) is 0 Å². The van der Waals surface area contributed by atoms with E-state index in [2.05, 4.69) is 43.5 Å². The number of amides is 1. The molecule has 0 spiro atoms. The maximum atomic E-state index is 13.1. The van der Waals surface area contributed by atoms with Crippen molar-refractivity contribution in [3.05, 3.63) is 24.3 Å². The Morgan fingerprint density at radius 2 is 0.843 bits per heavy atom. The summed E-state index contributed by atoms with van der Waals surface area (Å²) < 4.78 is 11.3. The van der Waals surface area contributed by atoms with Crippen LogP contribution in [-0.2, 0) is 14.3 Å². The Bertz CT molecular complexity index is 1150. The van der Waals surface area contributed by atoms with Crippen molar-refractivity contribution in [3.63, 3.8) is 0 Å². The van der Waals surface area contributed by atoms with E-state index in [-0.39, 0.29) is 12.5 Å². The molecule has 1 rings (SSSR count). The van der Waals surface area contributed by atoms with Crippen molar-refractivity contribution in [2.45, 2.75) is 346 Å². The number of nitrogens with one attached hydrogen (secondary N) is 1. The lowest BCUT2D eigenvalue weighted by atomic mass is 9.99. The number of hydrogen-bond donors (Lipinski definition) is 6. The fourth-order valence-corrected chi connectivity index (χ4v) is 9.96. The van der Waals surface area contributed by atoms with Gasteiger partial charge in [-0.25, -0.2) is 0 Å². The second-order valence-corrected chi connectivity index (χ2v) is 21.5. The molecule has 1 amide bonds. The van der Waals surface area contributed by atoms with Gasteiger partial charge in [0.05, 0.1) is 25.4 Å². The average Bonchev–Trinajstić information content (AvgIpc) is 3.36. The highest BCUT2D eigenvalue weighted by Crippen LogP contribution is 2.23. The molecule has 7 atom stereocenters. The van der Waals surface area contributed by atoms with E-state index in [0.717, 1.165) is 44.9 Å². The number of rotatable bonds is 53. The number of allylic oxidation sites excluding steroid dienone is 4. The molecule has 1 fully saturated rings. The van der Waals surface area contributed by atoms with Crippen molar-refractivity contribution < 1.29 is 39.8 Å². The summed E-state index contributed by atoms with van der Waals surface area (Å²) in [5.74, 6) is -0.140. The Hall–Kier alpha value is -1.33. The number of aliphatic hydroxyl groups is 5. The predicted molar refractivity (Wildman–Crippen MR) is 295 cm³/mol. The van der Waals surface area contributed by atoms with Crippen molar-refractivity contribution in [2.75, 3.05) is 13.2 Å².